The zero-order valence-corrected chi connectivity index (χ0v) is 10.2. The molecule has 0 aliphatic heterocycles. The quantitative estimate of drug-likeness (QED) is 0.800. The molecule has 15 heavy (non-hydrogen) atoms. The van der Waals surface area contributed by atoms with Gasteiger partial charge in [-0.15, -0.1) is 0 Å². The molecule has 1 nitrogen and oxygen atoms in total. The molecule has 0 spiro atoms. The van der Waals surface area contributed by atoms with Gasteiger partial charge < -0.3 is 5.11 Å². The van der Waals surface area contributed by atoms with Gasteiger partial charge in [0.05, 0.1) is 6.10 Å². The molecule has 84 valence electrons. The Bertz CT molecular complexity index is 289. The summed E-state index contributed by atoms with van der Waals surface area (Å²) in [6.07, 6.45) is 0.724. The average molecular weight is 206 g/mol. The van der Waals surface area contributed by atoms with E-state index < -0.39 is 0 Å². The first-order chi connectivity index (χ1) is 7.00. The minimum atomic E-state index is -0.287. The molecule has 1 heteroatoms. The van der Waals surface area contributed by atoms with Crippen molar-refractivity contribution in [2.45, 2.75) is 45.6 Å². The molecule has 2 atom stereocenters. The van der Waals surface area contributed by atoms with Gasteiger partial charge in [-0.1, -0.05) is 64.4 Å². The van der Waals surface area contributed by atoms with Gasteiger partial charge >= 0.3 is 0 Å². The topological polar surface area (TPSA) is 20.2 Å². The maximum atomic E-state index is 10.3. The maximum absolute atomic E-state index is 10.3. The largest absolute Gasteiger partial charge is 0.392 e. The lowest BCUT2D eigenvalue weighted by molar-refractivity contribution is 0.0488. The third kappa shape index (κ3) is 2.60. The van der Waals surface area contributed by atoms with Crippen molar-refractivity contribution < 1.29 is 5.11 Å². The molecule has 2 unspecified atom stereocenters. The smallest absolute Gasteiger partial charge is 0.0656 e. The zero-order valence-electron chi connectivity index (χ0n) is 10.2. The lowest BCUT2D eigenvalue weighted by Gasteiger charge is -2.34. The predicted octanol–water partition coefficient (Wildman–Crippen LogP) is 3.37. The second-order valence-electron chi connectivity index (χ2n) is 4.92. The van der Waals surface area contributed by atoms with Crippen molar-refractivity contribution in [2.75, 3.05) is 0 Å². The second-order valence-corrected chi connectivity index (χ2v) is 4.92. The van der Waals surface area contributed by atoms with Gasteiger partial charge in [0.2, 0.25) is 0 Å². The van der Waals surface area contributed by atoms with Crippen LogP contribution in [0.15, 0.2) is 30.3 Å². The maximum Gasteiger partial charge on any atom is 0.0656 e. The number of benzene rings is 1. The van der Waals surface area contributed by atoms with Crippen LogP contribution in [0.25, 0.3) is 0 Å². The fraction of sp³-hybridized carbons (Fsp3) is 0.571. The first-order valence-electron chi connectivity index (χ1n) is 5.73. The first kappa shape index (κ1) is 12.3. The van der Waals surface area contributed by atoms with E-state index in [1.165, 1.54) is 5.56 Å². The van der Waals surface area contributed by atoms with E-state index in [2.05, 4.69) is 39.8 Å². The van der Waals surface area contributed by atoms with Crippen molar-refractivity contribution >= 4 is 0 Å². The van der Waals surface area contributed by atoms with Crippen molar-refractivity contribution in [3.8, 4) is 0 Å². The highest BCUT2D eigenvalue weighted by molar-refractivity contribution is 5.25. The zero-order chi connectivity index (χ0) is 11.5. The Morgan fingerprint density at radius 2 is 1.73 bits per heavy atom. The van der Waals surface area contributed by atoms with E-state index in [0.29, 0.717) is 5.92 Å². The van der Waals surface area contributed by atoms with E-state index in [1.807, 2.05) is 18.2 Å². The summed E-state index contributed by atoms with van der Waals surface area (Å²) in [6.45, 7) is 8.45. The van der Waals surface area contributed by atoms with Crippen LogP contribution in [0.1, 0.15) is 39.7 Å². The van der Waals surface area contributed by atoms with E-state index in [1.54, 1.807) is 0 Å². The molecule has 0 fully saturated rings. The number of hydrogen-bond acceptors (Lipinski definition) is 1. The highest BCUT2D eigenvalue weighted by Crippen LogP contribution is 2.31. The van der Waals surface area contributed by atoms with Gasteiger partial charge in [-0.2, -0.15) is 0 Å². The van der Waals surface area contributed by atoms with Gasteiger partial charge in [0, 0.05) is 5.41 Å². The molecule has 0 aliphatic rings. The number of rotatable bonds is 4. The number of hydrogen-bond donors (Lipinski definition) is 1. The summed E-state index contributed by atoms with van der Waals surface area (Å²) in [4.78, 5) is 0. The minimum absolute atomic E-state index is 0.170. The fourth-order valence-corrected chi connectivity index (χ4v) is 1.97. The van der Waals surface area contributed by atoms with Gasteiger partial charge in [-0.05, 0) is 11.5 Å². The van der Waals surface area contributed by atoms with Gasteiger partial charge in [0.15, 0.2) is 0 Å². The molecule has 1 N–H and O–H groups in total. The van der Waals surface area contributed by atoms with E-state index in [-0.39, 0.29) is 11.5 Å². The van der Waals surface area contributed by atoms with Gasteiger partial charge in [-0.3, -0.25) is 0 Å². The highest BCUT2D eigenvalue weighted by atomic mass is 16.3. The second kappa shape index (κ2) is 4.80. The Labute approximate surface area is 93.1 Å². The van der Waals surface area contributed by atoms with Crippen LogP contribution in [-0.2, 0) is 5.41 Å². The standard InChI is InChI=1S/C14H22O/c1-5-11(2)13(15)14(3,4)12-9-7-6-8-10-12/h6-11,13,15H,5H2,1-4H3. The van der Waals surface area contributed by atoms with E-state index in [0.717, 1.165) is 6.42 Å². The van der Waals surface area contributed by atoms with E-state index >= 15 is 0 Å². The van der Waals surface area contributed by atoms with Crippen molar-refractivity contribution in [3.05, 3.63) is 35.9 Å². The molecule has 0 amide bonds. The summed E-state index contributed by atoms with van der Waals surface area (Å²) in [5.41, 5.74) is 1.04. The van der Waals surface area contributed by atoms with Gasteiger partial charge in [-0.25, -0.2) is 0 Å². The van der Waals surface area contributed by atoms with E-state index in [4.69, 9.17) is 0 Å². The molecular weight excluding hydrogens is 184 g/mol. The first-order valence-corrected chi connectivity index (χ1v) is 5.73. The van der Waals surface area contributed by atoms with Crippen LogP contribution in [0.4, 0.5) is 0 Å². The molecule has 0 saturated heterocycles. The van der Waals surface area contributed by atoms with Crippen LogP contribution >= 0.6 is 0 Å². The Morgan fingerprint density at radius 3 is 2.20 bits per heavy atom. The number of aliphatic hydroxyl groups is 1. The SMILES string of the molecule is CCC(C)C(O)C(C)(C)c1ccccc1. The van der Waals surface area contributed by atoms with Crippen molar-refractivity contribution in [3.63, 3.8) is 0 Å². The van der Waals surface area contributed by atoms with Crippen molar-refractivity contribution in [2.24, 2.45) is 5.92 Å². The van der Waals surface area contributed by atoms with Crippen LogP contribution in [-0.4, -0.2) is 11.2 Å². The van der Waals surface area contributed by atoms with Crippen LogP contribution in [0.5, 0.6) is 0 Å². The Kier molecular flexibility index (Phi) is 3.92. The summed E-state index contributed by atoms with van der Waals surface area (Å²) in [7, 11) is 0. The molecule has 1 aromatic rings. The van der Waals surface area contributed by atoms with Crippen LogP contribution < -0.4 is 0 Å². The van der Waals surface area contributed by atoms with E-state index in [9.17, 15) is 5.11 Å². The summed E-state index contributed by atoms with van der Waals surface area (Å²) in [5.74, 6) is 0.334. The third-order valence-corrected chi connectivity index (χ3v) is 3.44. The molecule has 0 aliphatic carbocycles. The molecule has 0 heterocycles. The van der Waals surface area contributed by atoms with Gasteiger partial charge in [0.25, 0.3) is 0 Å². The molecule has 0 radical (unpaired) electrons. The fourth-order valence-electron chi connectivity index (χ4n) is 1.97. The van der Waals surface area contributed by atoms with Gasteiger partial charge in [0.1, 0.15) is 0 Å². The Morgan fingerprint density at radius 1 is 1.20 bits per heavy atom. The van der Waals surface area contributed by atoms with Crippen molar-refractivity contribution in [1.82, 2.24) is 0 Å². The third-order valence-electron chi connectivity index (χ3n) is 3.44. The molecule has 0 saturated carbocycles. The average Bonchev–Trinajstić information content (AvgIpc) is 2.28. The van der Waals surface area contributed by atoms with Crippen LogP contribution in [0.2, 0.25) is 0 Å². The normalized spacial score (nSPS) is 16.1. The lowest BCUT2D eigenvalue weighted by Crippen LogP contribution is -2.38. The summed E-state index contributed by atoms with van der Waals surface area (Å²) in [5, 5.41) is 10.3. The Balaban J connectivity index is 2.92. The van der Waals surface area contributed by atoms with Crippen molar-refractivity contribution in [1.29, 1.82) is 0 Å². The summed E-state index contributed by atoms with van der Waals surface area (Å²) < 4.78 is 0. The van der Waals surface area contributed by atoms with Crippen LogP contribution in [0.3, 0.4) is 0 Å². The molecule has 1 aromatic carbocycles. The molecule has 0 aromatic heterocycles. The lowest BCUT2D eigenvalue weighted by atomic mass is 9.74. The highest BCUT2D eigenvalue weighted by Gasteiger charge is 2.32. The molecule has 1 rings (SSSR count). The monoisotopic (exact) mass is 206 g/mol. The molecular formula is C14H22O. The summed E-state index contributed by atoms with van der Waals surface area (Å²) >= 11 is 0. The Hall–Kier alpha value is -0.820. The van der Waals surface area contributed by atoms with Crippen LogP contribution in [0, 0.1) is 5.92 Å². The minimum Gasteiger partial charge on any atom is -0.392 e. The molecule has 0 bridgehead atoms. The predicted molar refractivity (Wildman–Crippen MR) is 64.9 cm³/mol. The number of aliphatic hydroxyl groups excluding tert-OH is 1. The summed E-state index contributed by atoms with van der Waals surface area (Å²) in [6, 6.07) is 10.2.